The molecule has 1 fully saturated rings. The molecule has 20 heavy (non-hydrogen) atoms. The van der Waals surface area contributed by atoms with Crippen LogP contribution in [0.15, 0.2) is 6.07 Å². The van der Waals surface area contributed by atoms with Crippen molar-refractivity contribution in [1.29, 1.82) is 0 Å². The van der Waals surface area contributed by atoms with Crippen LogP contribution in [-0.2, 0) is 14.8 Å². The van der Waals surface area contributed by atoms with Crippen LogP contribution in [0.1, 0.15) is 16.2 Å². The van der Waals surface area contributed by atoms with E-state index in [-0.39, 0.29) is 25.1 Å². The molecular weight excluding hydrogens is 284 g/mol. The van der Waals surface area contributed by atoms with Crippen LogP contribution in [0, 0.1) is 6.92 Å². The molecule has 1 aliphatic heterocycles. The van der Waals surface area contributed by atoms with Crippen molar-refractivity contribution in [3.63, 3.8) is 0 Å². The van der Waals surface area contributed by atoms with Crippen molar-refractivity contribution >= 4 is 15.9 Å². The lowest BCUT2D eigenvalue weighted by molar-refractivity contribution is 0.000412. The fraction of sp³-hybridized carbons (Fsp3) is 0.636. The number of sulfonamides is 1. The van der Waals surface area contributed by atoms with Crippen molar-refractivity contribution in [3.8, 4) is 0 Å². The molecule has 1 amide bonds. The van der Waals surface area contributed by atoms with Crippen LogP contribution in [-0.4, -0.2) is 67.4 Å². The Bertz CT molecular complexity index is 583. The highest BCUT2D eigenvalue weighted by Gasteiger charge is 2.26. The summed E-state index contributed by atoms with van der Waals surface area (Å²) in [5.74, 6) is -0.311. The average Bonchev–Trinajstić information content (AvgIpc) is 2.82. The Morgan fingerprint density at radius 3 is 3.00 bits per heavy atom. The number of nitrogens with zero attached hydrogens (tertiary/aromatic N) is 2. The number of aromatic nitrogens is 2. The van der Waals surface area contributed by atoms with E-state index in [0.29, 0.717) is 18.8 Å². The number of aromatic amines is 1. The topological polar surface area (TPSA) is 104 Å². The molecule has 0 aliphatic carbocycles. The lowest BCUT2D eigenvalue weighted by Gasteiger charge is -2.31. The van der Waals surface area contributed by atoms with Gasteiger partial charge in [0.15, 0.2) is 0 Å². The molecule has 0 radical (unpaired) electrons. The number of hydrogen-bond donors (Lipinski definition) is 2. The maximum atomic E-state index is 11.8. The Morgan fingerprint density at radius 1 is 1.65 bits per heavy atom. The maximum Gasteiger partial charge on any atom is 0.271 e. The third kappa shape index (κ3) is 3.78. The number of rotatable bonds is 4. The van der Waals surface area contributed by atoms with E-state index in [4.69, 9.17) is 4.74 Å². The van der Waals surface area contributed by atoms with E-state index in [1.807, 2.05) is 0 Å². The molecule has 1 saturated heterocycles. The van der Waals surface area contributed by atoms with Crippen LogP contribution in [0.5, 0.6) is 0 Å². The van der Waals surface area contributed by atoms with Gasteiger partial charge in [-0.3, -0.25) is 9.89 Å². The molecule has 1 aromatic heterocycles. The van der Waals surface area contributed by atoms with Crippen molar-refractivity contribution in [1.82, 2.24) is 19.8 Å². The van der Waals surface area contributed by atoms with Crippen molar-refractivity contribution < 1.29 is 17.9 Å². The fourth-order valence-electron chi connectivity index (χ4n) is 1.95. The lowest BCUT2D eigenvalue weighted by atomic mass is 10.3. The number of nitrogens with one attached hydrogen (secondary N) is 2. The molecule has 1 aromatic rings. The first-order valence-corrected chi connectivity index (χ1v) is 8.08. The molecule has 2 rings (SSSR count). The van der Waals surface area contributed by atoms with E-state index < -0.39 is 10.0 Å². The Morgan fingerprint density at radius 2 is 2.40 bits per heavy atom. The average molecular weight is 302 g/mol. The molecule has 0 saturated carbocycles. The smallest absolute Gasteiger partial charge is 0.271 e. The predicted octanol–water partition coefficient (Wildman–Crippen LogP) is -0.892. The minimum atomic E-state index is -3.22. The number of ether oxygens (including phenoxy) is 1. The lowest BCUT2D eigenvalue weighted by Crippen LogP contribution is -2.49. The van der Waals surface area contributed by atoms with Crippen LogP contribution in [0.25, 0.3) is 0 Å². The second-order valence-corrected chi connectivity index (χ2v) is 6.74. The van der Waals surface area contributed by atoms with E-state index in [0.717, 1.165) is 5.69 Å². The van der Waals surface area contributed by atoms with Crippen LogP contribution >= 0.6 is 0 Å². The first kappa shape index (κ1) is 14.9. The number of aryl methyl sites for hydroxylation is 1. The van der Waals surface area contributed by atoms with E-state index in [2.05, 4.69) is 15.5 Å². The number of carbonyl (C=O) groups is 1. The van der Waals surface area contributed by atoms with Crippen molar-refractivity contribution in [2.24, 2.45) is 0 Å². The van der Waals surface area contributed by atoms with Gasteiger partial charge < -0.3 is 10.1 Å². The number of morpholine rings is 1. The van der Waals surface area contributed by atoms with Crippen molar-refractivity contribution in [2.45, 2.75) is 13.0 Å². The molecule has 2 N–H and O–H groups in total. The molecule has 1 atom stereocenters. The largest absolute Gasteiger partial charge is 0.374 e. The zero-order valence-corrected chi connectivity index (χ0v) is 12.2. The van der Waals surface area contributed by atoms with E-state index in [1.54, 1.807) is 13.0 Å². The van der Waals surface area contributed by atoms with E-state index in [9.17, 15) is 13.2 Å². The van der Waals surface area contributed by atoms with Crippen LogP contribution in [0.3, 0.4) is 0 Å². The molecule has 112 valence electrons. The highest BCUT2D eigenvalue weighted by Crippen LogP contribution is 2.08. The third-order valence-corrected chi connectivity index (χ3v) is 4.27. The molecule has 8 nitrogen and oxygen atoms in total. The van der Waals surface area contributed by atoms with Gasteiger partial charge in [0.2, 0.25) is 10.0 Å². The highest BCUT2D eigenvalue weighted by molar-refractivity contribution is 7.88. The number of hydrogen-bond acceptors (Lipinski definition) is 5. The minimum Gasteiger partial charge on any atom is -0.374 e. The molecule has 9 heteroatoms. The van der Waals surface area contributed by atoms with Gasteiger partial charge in [0.05, 0.1) is 19.0 Å². The number of amides is 1. The van der Waals surface area contributed by atoms with Crippen LogP contribution in [0.4, 0.5) is 0 Å². The Balaban J connectivity index is 1.86. The van der Waals surface area contributed by atoms with E-state index >= 15 is 0 Å². The molecule has 1 aliphatic rings. The standard InChI is InChI=1S/C11H18N4O4S/c1-8-5-10(14-13-8)11(16)12-6-9-7-15(3-4-19-9)20(2,17)18/h5,9H,3-4,6-7H2,1-2H3,(H,12,16)(H,13,14)/t9-/m0/s1. The maximum absolute atomic E-state index is 11.8. The molecular formula is C11H18N4O4S. The summed E-state index contributed by atoms with van der Waals surface area (Å²) >= 11 is 0. The van der Waals surface area contributed by atoms with Crippen molar-refractivity contribution in [3.05, 3.63) is 17.5 Å². The molecule has 0 spiro atoms. The van der Waals surface area contributed by atoms with Crippen LogP contribution < -0.4 is 5.32 Å². The number of carbonyl (C=O) groups excluding carboxylic acids is 1. The summed E-state index contributed by atoms with van der Waals surface area (Å²) in [6.07, 6.45) is 0.822. The summed E-state index contributed by atoms with van der Waals surface area (Å²) in [6.45, 7) is 2.98. The SMILES string of the molecule is Cc1cc(C(=O)NC[C@H]2CN(S(C)(=O)=O)CCO2)n[nH]1. The predicted molar refractivity (Wildman–Crippen MR) is 71.8 cm³/mol. The van der Waals surface area contributed by atoms with Crippen molar-refractivity contribution in [2.75, 3.05) is 32.5 Å². The fourth-order valence-corrected chi connectivity index (χ4v) is 2.79. The minimum absolute atomic E-state index is 0.247. The zero-order chi connectivity index (χ0) is 14.8. The summed E-state index contributed by atoms with van der Waals surface area (Å²) in [6, 6.07) is 1.64. The van der Waals surface area contributed by atoms with Gasteiger partial charge in [0.25, 0.3) is 5.91 Å². The summed E-state index contributed by atoms with van der Waals surface area (Å²) in [5.41, 5.74) is 1.10. The summed E-state index contributed by atoms with van der Waals surface area (Å²) < 4.78 is 29.7. The van der Waals surface area contributed by atoms with Gasteiger partial charge in [-0.1, -0.05) is 0 Å². The quantitative estimate of drug-likeness (QED) is 0.750. The Hall–Kier alpha value is -1.45. The highest BCUT2D eigenvalue weighted by atomic mass is 32.2. The molecule has 2 heterocycles. The van der Waals surface area contributed by atoms with Gasteiger partial charge in [0.1, 0.15) is 5.69 Å². The normalized spacial score (nSPS) is 20.8. The molecule has 0 bridgehead atoms. The zero-order valence-electron chi connectivity index (χ0n) is 11.4. The first-order chi connectivity index (χ1) is 9.36. The summed E-state index contributed by atoms with van der Waals surface area (Å²) in [7, 11) is -3.22. The van der Waals surface area contributed by atoms with Gasteiger partial charge in [-0.05, 0) is 13.0 Å². The van der Waals surface area contributed by atoms with Gasteiger partial charge in [-0.25, -0.2) is 8.42 Å². The summed E-state index contributed by atoms with van der Waals surface area (Å²) in [4.78, 5) is 11.8. The monoisotopic (exact) mass is 302 g/mol. The van der Waals surface area contributed by atoms with E-state index in [1.165, 1.54) is 10.6 Å². The number of H-pyrrole nitrogens is 1. The second-order valence-electron chi connectivity index (χ2n) is 4.76. The summed E-state index contributed by atoms with van der Waals surface area (Å²) in [5, 5.41) is 9.22. The second kappa shape index (κ2) is 5.90. The third-order valence-electron chi connectivity index (χ3n) is 3.00. The Kier molecular flexibility index (Phi) is 4.41. The van der Waals surface area contributed by atoms with Gasteiger partial charge >= 0.3 is 0 Å². The molecule has 0 aromatic carbocycles. The Labute approximate surface area is 117 Å². The van der Waals surface area contributed by atoms with Gasteiger partial charge in [-0.15, -0.1) is 0 Å². The first-order valence-electron chi connectivity index (χ1n) is 6.23. The van der Waals surface area contributed by atoms with Gasteiger partial charge in [-0.2, -0.15) is 9.40 Å². The van der Waals surface area contributed by atoms with Crippen LogP contribution in [0.2, 0.25) is 0 Å². The molecule has 0 unspecified atom stereocenters. The van der Waals surface area contributed by atoms with Gasteiger partial charge in [0, 0.05) is 25.3 Å².